The van der Waals surface area contributed by atoms with Crippen LogP contribution in [-0.2, 0) is 0 Å². The van der Waals surface area contributed by atoms with Crippen LogP contribution in [-0.4, -0.2) is 46.5 Å². The molecule has 1 unspecified atom stereocenters. The van der Waals surface area contributed by atoms with Gasteiger partial charge in [0.15, 0.2) is 0 Å². The number of carbonyl (C=O) groups excluding carboxylic acids is 1. The molecule has 2 aliphatic rings. The van der Waals surface area contributed by atoms with Crippen molar-refractivity contribution in [1.82, 2.24) is 9.80 Å². The third-order valence-electron chi connectivity index (χ3n) is 6.28. The number of aromatic hydroxyl groups is 1. The van der Waals surface area contributed by atoms with Crippen molar-refractivity contribution in [2.24, 2.45) is 5.41 Å². The molecule has 2 aliphatic heterocycles. The van der Waals surface area contributed by atoms with E-state index in [9.17, 15) is 9.90 Å². The van der Waals surface area contributed by atoms with Crippen molar-refractivity contribution in [3.63, 3.8) is 0 Å². The van der Waals surface area contributed by atoms with Crippen molar-refractivity contribution < 1.29 is 9.90 Å². The highest BCUT2D eigenvalue weighted by atomic mass is 32.1. The molecule has 2 aromatic rings. The second-order valence-electron chi connectivity index (χ2n) is 8.33. The zero-order chi connectivity index (χ0) is 19.2. The number of aryl methyl sites for hydroxylation is 1. The number of phenols is 1. The van der Waals surface area contributed by atoms with Crippen LogP contribution in [0, 0.1) is 12.3 Å². The van der Waals surface area contributed by atoms with Gasteiger partial charge >= 0.3 is 0 Å². The first kappa shape index (κ1) is 18.5. The maximum atomic E-state index is 12.8. The molecule has 1 atom stereocenters. The van der Waals surface area contributed by atoms with Crippen molar-refractivity contribution in [3.8, 4) is 5.75 Å². The largest absolute Gasteiger partial charge is 0.508 e. The zero-order valence-corrected chi connectivity index (χ0v) is 17.1. The van der Waals surface area contributed by atoms with Crippen molar-refractivity contribution in [2.45, 2.75) is 45.7 Å². The van der Waals surface area contributed by atoms with Crippen molar-refractivity contribution in [1.29, 1.82) is 0 Å². The average Bonchev–Trinajstić information content (AvgIpc) is 3.07. The van der Waals surface area contributed by atoms with Crippen LogP contribution >= 0.6 is 11.3 Å². The van der Waals surface area contributed by atoms with E-state index in [2.05, 4.69) is 30.9 Å². The molecular formula is C22H28N2O2S. The van der Waals surface area contributed by atoms with Crippen LogP contribution in [0.5, 0.6) is 5.75 Å². The third-order valence-corrected chi connectivity index (χ3v) is 7.27. The molecule has 1 amide bonds. The lowest BCUT2D eigenvalue weighted by molar-refractivity contribution is -0.124. The fourth-order valence-electron chi connectivity index (χ4n) is 4.76. The molecule has 0 bridgehead atoms. The minimum absolute atomic E-state index is 0.184. The maximum absolute atomic E-state index is 12.8. The Balaban J connectivity index is 1.50. The number of benzene rings is 1. The number of hydrogen-bond acceptors (Lipinski definition) is 4. The summed E-state index contributed by atoms with van der Waals surface area (Å²) in [5, 5.41) is 9.66. The number of phenolic OH excluding ortho intramolecular Hbond substituents is 1. The van der Waals surface area contributed by atoms with Gasteiger partial charge in [-0.05, 0) is 63.4 Å². The highest BCUT2D eigenvalue weighted by Gasteiger charge is 2.54. The first-order valence-electron chi connectivity index (χ1n) is 9.80. The molecule has 27 heavy (non-hydrogen) atoms. The number of carbonyl (C=O) groups is 1. The molecule has 2 fully saturated rings. The van der Waals surface area contributed by atoms with Gasteiger partial charge in [0.2, 0.25) is 0 Å². The first-order valence-corrected chi connectivity index (χ1v) is 10.6. The number of rotatable bonds is 3. The highest BCUT2D eigenvalue weighted by molar-refractivity contribution is 7.13. The predicted octanol–water partition coefficient (Wildman–Crippen LogP) is 4.45. The van der Waals surface area contributed by atoms with E-state index in [0.717, 1.165) is 37.4 Å². The summed E-state index contributed by atoms with van der Waals surface area (Å²) in [4.78, 5) is 19.4. The molecule has 5 heteroatoms. The van der Waals surface area contributed by atoms with Crippen LogP contribution in [0.1, 0.15) is 52.8 Å². The molecule has 0 aliphatic carbocycles. The predicted molar refractivity (Wildman–Crippen MR) is 109 cm³/mol. The maximum Gasteiger partial charge on any atom is 0.263 e. The van der Waals surface area contributed by atoms with Crippen LogP contribution in [0.25, 0.3) is 0 Å². The minimum Gasteiger partial charge on any atom is -0.508 e. The fourth-order valence-corrected chi connectivity index (χ4v) is 5.59. The Labute approximate surface area is 165 Å². The van der Waals surface area contributed by atoms with E-state index >= 15 is 0 Å². The van der Waals surface area contributed by atoms with E-state index in [-0.39, 0.29) is 11.3 Å². The molecule has 4 rings (SSSR count). The van der Waals surface area contributed by atoms with Gasteiger partial charge in [0.25, 0.3) is 5.91 Å². The number of likely N-dealkylation sites (tertiary alicyclic amines) is 2. The molecule has 2 saturated heterocycles. The van der Waals surface area contributed by atoms with Gasteiger partial charge in [-0.3, -0.25) is 9.69 Å². The number of hydrogen-bond donors (Lipinski definition) is 1. The van der Waals surface area contributed by atoms with Crippen LogP contribution in [0.2, 0.25) is 0 Å². The third kappa shape index (κ3) is 3.27. The van der Waals surface area contributed by atoms with Gasteiger partial charge in [0.05, 0.1) is 4.88 Å². The van der Waals surface area contributed by atoms with Gasteiger partial charge < -0.3 is 10.0 Å². The molecule has 1 spiro atoms. The van der Waals surface area contributed by atoms with E-state index in [1.54, 1.807) is 23.5 Å². The lowest BCUT2D eigenvalue weighted by atomic mass is 9.62. The Bertz CT molecular complexity index is 819. The molecule has 1 N–H and O–H groups in total. The summed E-state index contributed by atoms with van der Waals surface area (Å²) in [7, 11) is 0. The van der Waals surface area contributed by atoms with Crippen LogP contribution < -0.4 is 0 Å². The van der Waals surface area contributed by atoms with Crippen LogP contribution in [0.4, 0.5) is 0 Å². The zero-order valence-electron chi connectivity index (χ0n) is 16.3. The Morgan fingerprint density at radius 1 is 1.15 bits per heavy atom. The lowest BCUT2D eigenvalue weighted by Gasteiger charge is -2.62. The van der Waals surface area contributed by atoms with Crippen molar-refractivity contribution in [2.75, 3.05) is 19.6 Å². The molecule has 0 radical (unpaired) electrons. The Morgan fingerprint density at radius 3 is 2.37 bits per heavy atom. The van der Waals surface area contributed by atoms with Crippen molar-refractivity contribution in [3.05, 3.63) is 51.7 Å². The summed E-state index contributed by atoms with van der Waals surface area (Å²) in [6.07, 6.45) is 2.08. The van der Waals surface area contributed by atoms with Gasteiger partial charge in [-0.1, -0.05) is 12.1 Å². The van der Waals surface area contributed by atoms with Gasteiger partial charge in [-0.2, -0.15) is 0 Å². The van der Waals surface area contributed by atoms with Gasteiger partial charge in [-0.25, -0.2) is 0 Å². The summed E-state index contributed by atoms with van der Waals surface area (Å²) < 4.78 is 0. The Morgan fingerprint density at radius 2 is 1.81 bits per heavy atom. The highest BCUT2D eigenvalue weighted by Crippen LogP contribution is 2.55. The number of thiophene rings is 1. The van der Waals surface area contributed by atoms with E-state index in [0.29, 0.717) is 17.8 Å². The molecule has 1 aromatic carbocycles. The Hall–Kier alpha value is -1.85. The van der Waals surface area contributed by atoms with Crippen LogP contribution in [0.3, 0.4) is 0 Å². The SMILES string of the molecule is Cc1ccc(C(=O)N2CCC3(CC2)CN(C(C)C)C3c2ccc(O)cc2)s1. The fraction of sp³-hybridized carbons (Fsp3) is 0.500. The molecular weight excluding hydrogens is 356 g/mol. The molecule has 4 nitrogen and oxygen atoms in total. The summed E-state index contributed by atoms with van der Waals surface area (Å²) in [5.74, 6) is 0.499. The minimum atomic E-state index is 0.184. The van der Waals surface area contributed by atoms with Gasteiger partial charge in [0.1, 0.15) is 5.75 Å². The quantitative estimate of drug-likeness (QED) is 0.850. The molecule has 1 aromatic heterocycles. The topological polar surface area (TPSA) is 43.8 Å². The summed E-state index contributed by atoms with van der Waals surface area (Å²) >= 11 is 1.59. The second-order valence-corrected chi connectivity index (χ2v) is 9.61. The monoisotopic (exact) mass is 384 g/mol. The normalized spacial score (nSPS) is 22.2. The lowest BCUT2D eigenvalue weighted by Crippen LogP contribution is -2.64. The first-order chi connectivity index (χ1) is 12.9. The van der Waals surface area contributed by atoms with E-state index in [1.807, 2.05) is 24.0 Å². The average molecular weight is 385 g/mol. The van der Waals surface area contributed by atoms with E-state index in [1.165, 1.54) is 10.4 Å². The molecule has 3 heterocycles. The van der Waals surface area contributed by atoms with Gasteiger partial charge in [0, 0.05) is 42.0 Å². The summed E-state index contributed by atoms with van der Waals surface area (Å²) in [6.45, 7) is 9.29. The second kappa shape index (κ2) is 6.95. The van der Waals surface area contributed by atoms with E-state index < -0.39 is 0 Å². The number of nitrogens with zero attached hydrogens (tertiary/aromatic N) is 2. The van der Waals surface area contributed by atoms with Crippen molar-refractivity contribution >= 4 is 17.2 Å². The van der Waals surface area contributed by atoms with Crippen LogP contribution in [0.15, 0.2) is 36.4 Å². The summed E-state index contributed by atoms with van der Waals surface area (Å²) in [5.41, 5.74) is 1.52. The number of piperidine rings is 1. The standard InChI is InChI=1S/C22H28N2O2S/c1-15(2)24-14-22(20(24)17-5-7-18(25)8-6-17)10-12-23(13-11-22)21(26)19-9-4-16(3)27-19/h4-9,15,20,25H,10-14H2,1-3H3. The molecule has 0 saturated carbocycles. The smallest absolute Gasteiger partial charge is 0.263 e. The Kier molecular flexibility index (Phi) is 4.77. The number of amides is 1. The van der Waals surface area contributed by atoms with E-state index in [4.69, 9.17) is 0 Å². The summed E-state index contributed by atoms with van der Waals surface area (Å²) in [6, 6.07) is 12.5. The van der Waals surface area contributed by atoms with Gasteiger partial charge in [-0.15, -0.1) is 11.3 Å². The molecule has 144 valence electrons.